The first kappa shape index (κ1) is 15.3. The molecule has 5 heteroatoms. The maximum Gasteiger partial charge on any atom is 0.228 e. The zero-order valence-electron chi connectivity index (χ0n) is 12.8. The van der Waals surface area contributed by atoms with E-state index in [2.05, 4.69) is 4.98 Å². The normalized spacial score (nSPS) is 10.6. The zero-order valence-corrected chi connectivity index (χ0v) is 13.5. The van der Waals surface area contributed by atoms with E-state index in [1.807, 2.05) is 36.4 Å². The Labute approximate surface area is 139 Å². The molecule has 0 aliphatic carbocycles. The maximum absolute atomic E-state index is 12.1. The molecule has 3 rings (SSSR count). The molecule has 4 nitrogen and oxygen atoms in total. The number of rotatable bonds is 3. The summed E-state index contributed by atoms with van der Waals surface area (Å²) < 4.78 is 5.16. The van der Waals surface area contributed by atoms with Gasteiger partial charge in [-0.15, -0.1) is 0 Å². The number of benzene rings is 2. The number of aromatic nitrogens is 1. The molecule has 0 fully saturated rings. The van der Waals surface area contributed by atoms with E-state index in [-0.39, 0.29) is 5.91 Å². The molecule has 0 aliphatic heterocycles. The van der Waals surface area contributed by atoms with Crippen molar-refractivity contribution in [3.8, 4) is 5.75 Å². The molecule has 0 bridgehead atoms. The lowest BCUT2D eigenvalue weighted by atomic mass is 10.2. The van der Waals surface area contributed by atoms with Crippen molar-refractivity contribution in [2.24, 2.45) is 0 Å². The summed E-state index contributed by atoms with van der Waals surface area (Å²) >= 11 is 5.98. The second-order valence-electron chi connectivity index (χ2n) is 5.08. The van der Waals surface area contributed by atoms with Gasteiger partial charge in [0.25, 0.3) is 0 Å². The highest BCUT2D eigenvalue weighted by Crippen LogP contribution is 2.29. The van der Waals surface area contributed by atoms with Crippen LogP contribution in [0.2, 0.25) is 5.02 Å². The minimum atomic E-state index is -0.0923. The van der Waals surface area contributed by atoms with E-state index in [9.17, 15) is 4.79 Å². The number of ether oxygens (including phenoxy) is 1. The largest absolute Gasteiger partial charge is 0.497 e. The van der Waals surface area contributed by atoms with Gasteiger partial charge in [-0.1, -0.05) is 17.7 Å². The highest BCUT2D eigenvalue weighted by atomic mass is 35.5. The molecule has 0 saturated carbocycles. The van der Waals surface area contributed by atoms with Gasteiger partial charge in [0.05, 0.1) is 24.5 Å². The average molecular weight is 327 g/mol. The minimum absolute atomic E-state index is 0.0923. The topological polar surface area (TPSA) is 42.4 Å². The smallest absolute Gasteiger partial charge is 0.228 e. The molecule has 3 aromatic rings. The van der Waals surface area contributed by atoms with Gasteiger partial charge in [0.2, 0.25) is 5.91 Å². The van der Waals surface area contributed by atoms with E-state index in [4.69, 9.17) is 16.3 Å². The van der Waals surface area contributed by atoms with Crippen LogP contribution in [0, 0.1) is 0 Å². The summed E-state index contributed by atoms with van der Waals surface area (Å²) in [6.07, 6.45) is 1.67. The Kier molecular flexibility index (Phi) is 4.17. The van der Waals surface area contributed by atoms with Crippen molar-refractivity contribution in [1.82, 2.24) is 4.98 Å². The number of carbonyl (C=O) groups is 1. The predicted octanol–water partition coefficient (Wildman–Crippen LogP) is 4.58. The third kappa shape index (κ3) is 3.12. The standard InChI is InChI=1S/C18H15ClN2O2/c1-12(22)21(15-5-7-17(23-2)8-6-15)16-9-13-3-4-14(19)10-18(13)20-11-16/h3-11H,1-2H3. The number of pyridine rings is 1. The number of hydrogen-bond acceptors (Lipinski definition) is 3. The number of nitrogens with zero attached hydrogens (tertiary/aromatic N) is 2. The van der Waals surface area contributed by atoms with Crippen molar-refractivity contribution in [2.75, 3.05) is 12.0 Å². The monoisotopic (exact) mass is 326 g/mol. The Morgan fingerprint density at radius 1 is 1.09 bits per heavy atom. The maximum atomic E-state index is 12.1. The van der Waals surface area contributed by atoms with Crippen LogP contribution in [0.1, 0.15) is 6.92 Å². The van der Waals surface area contributed by atoms with Crippen LogP contribution in [-0.2, 0) is 4.79 Å². The molecule has 2 aromatic carbocycles. The number of fused-ring (bicyclic) bond motifs is 1. The number of hydrogen-bond donors (Lipinski definition) is 0. The molecule has 0 atom stereocenters. The van der Waals surface area contributed by atoms with Crippen LogP contribution in [-0.4, -0.2) is 18.0 Å². The van der Waals surface area contributed by atoms with Gasteiger partial charge in [-0.25, -0.2) is 0 Å². The summed E-state index contributed by atoms with van der Waals surface area (Å²) in [5.41, 5.74) is 2.25. The number of anilines is 2. The van der Waals surface area contributed by atoms with E-state index in [1.165, 1.54) is 6.92 Å². The Balaban J connectivity index is 2.06. The lowest BCUT2D eigenvalue weighted by molar-refractivity contribution is -0.115. The first-order chi connectivity index (χ1) is 11.1. The molecule has 0 radical (unpaired) electrons. The summed E-state index contributed by atoms with van der Waals surface area (Å²) in [6, 6.07) is 14.7. The van der Waals surface area contributed by atoms with Gasteiger partial charge in [0.15, 0.2) is 0 Å². The second kappa shape index (κ2) is 6.26. The molecule has 1 amide bonds. The highest BCUT2D eigenvalue weighted by molar-refractivity contribution is 6.31. The van der Waals surface area contributed by atoms with Crippen molar-refractivity contribution in [3.63, 3.8) is 0 Å². The number of halogens is 1. The Hall–Kier alpha value is -2.59. The molecule has 0 saturated heterocycles. The molecule has 0 unspecified atom stereocenters. The fraction of sp³-hybridized carbons (Fsp3) is 0.111. The third-order valence-corrected chi connectivity index (χ3v) is 3.77. The molecule has 23 heavy (non-hydrogen) atoms. The Morgan fingerprint density at radius 3 is 2.48 bits per heavy atom. The highest BCUT2D eigenvalue weighted by Gasteiger charge is 2.15. The van der Waals surface area contributed by atoms with E-state index in [1.54, 1.807) is 30.3 Å². The van der Waals surface area contributed by atoms with Gasteiger partial charge in [-0.2, -0.15) is 0 Å². The first-order valence-electron chi connectivity index (χ1n) is 7.08. The van der Waals surface area contributed by atoms with Gasteiger partial charge in [-0.3, -0.25) is 14.7 Å². The molecular formula is C18H15ClN2O2. The second-order valence-corrected chi connectivity index (χ2v) is 5.52. The van der Waals surface area contributed by atoms with Crippen LogP contribution < -0.4 is 9.64 Å². The van der Waals surface area contributed by atoms with Crippen LogP contribution in [0.25, 0.3) is 10.9 Å². The number of amides is 1. The fourth-order valence-corrected chi connectivity index (χ4v) is 2.62. The van der Waals surface area contributed by atoms with Gasteiger partial charge in [0, 0.05) is 23.0 Å². The lowest BCUT2D eigenvalue weighted by Gasteiger charge is -2.21. The summed E-state index contributed by atoms with van der Waals surface area (Å²) in [6.45, 7) is 1.52. The van der Waals surface area contributed by atoms with Crippen molar-refractivity contribution >= 4 is 39.8 Å². The summed E-state index contributed by atoms with van der Waals surface area (Å²) in [5.74, 6) is 0.647. The molecule has 1 heterocycles. The molecule has 0 spiro atoms. The summed E-state index contributed by atoms with van der Waals surface area (Å²) in [4.78, 5) is 18.1. The van der Waals surface area contributed by atoms with Crippen LogP contribution in [0.3, 0.4) is 0 Å². The van der Waals surface area contributed by atoms with Crippen LogP contribution >= 0.6 is 11.6 Å². The van der Waals surface area contributed by atoms with Gasteiger partial charge < -0.3 is 4.74 Å². The zero-order chi connectivity index (χ0) is 16.4. The Morgan fingerprint density at radius 2 is 1.83 bits per heavy atom. The van der Waals surface area contributed by atoms with Crippen LogP contribution in [0.15, 0.2) is 54.7 Å². The van der Waals surface area contributed by atoms with Crippen molar-refractivity contribution in [3.05, 3.63) is 59.8 Å². The molecule has 116 valence electrons. The lowest BCUT2D eigenvalue weighted by Crippen LogP contribution is -2.22. The number of carbonyl (C=O) groups excluding carboxylic acids is 1. The number of methoxy groups -OCH3 is 1. The molecule has 1 aromatic heterocycles. The minimum Gasteiger partial charge on any atom is -0.497 e. The summed E-state index contributed by atoms with van der Waals surface area (Å²) in [5, 5.41) is 1.56. The molecular weight excluding hydrogens is 312 g/mol. The fourth-order valence-electron chi connectivity index (χ4n) is 2.45. The van der Waals surface area contributed by atoms with Crippen LogP contribution in [0.5, 0.6) is 5.75 Å². The first-order valence-corrected chi connectivity index (χ1v) is 7.46. The van der Waals surface area contributed by atoms with Crippen molar-refractivity contribution < 1.29 is 9.53 Å². The molecule has 0 aliphatic rings. The van der Waals surface area contributed by atoms with Crippen molar-refractivity contribution in [1.29, 1.82) is 0 Å². The van der Waals surface area contributed by atoms with Gasteiger partial charge in [-0.05, 0) is 42.5 Å². The van der Waals surface area contributed by atoms with Crippen LogP contribution in [0.4, 0.5) is 11.4 Å². The van der Waals surface area contributed by atoms with E-state index in [0.29, 0.717) is 10.7 Å². The SMILES string of the molecule is COc1ccc(N(C(C)=O)c2cnc3cc(Cl)ccc3c2)cc1. The third-order valence-electron chi connectivity index (χ3n) is 3.54. The average Bonchev–Trinajstić information content (AvgIpc) is 2.55. The molecule has 0 N–H and O–H groups in total. The van der Waals surface area contributed by atoms with E-state index < -0.39 is 0 Å². The van der Waals surface area contributed by atoms with Crippen molar-refractivity contribution in [2.45, 2.75) is 6.92 Å². The summed E-state index contributed by atoms with van der Waals surface area (Å²) in [7, 11) is 1.61. The van der Waals surface area contributed by atoms with Gasteiger partial charge in [0.1, 0.15) is 5.75 Å². The quantitative estimate of drug-likeness (QED) is 0.707. The van der Waals surface area contributed by atoms with E-state index in [0.717, 1.165) is 22.3 Å². The van der Waals surface area contributed by atoms with Gasteiger partial charge >= 0.3 is 0 Å². The Bertz CT molecular complexity index is 863. The van der Waals surface area contributed by atoms with E-state index >= 15 is 0 Å². The predicted molar refractivity (Wildman–Crippen MR) is 92.6 cm³/mol.